The van der Waals surface area contributed by atoms with Gasteiger partial charge in [0.05, 0.1) is 22.7 Å². The summed E-state index contributed by atoms with van der Waals surface area (Å²) in [6.07, 6.45) is 0. The van der Waals surface area contributed by atoms with E-state index < -0.39 is 22.5 Å². The van der Waals surface area contributed by atoms with Gasteiger partial charge in [0.2, 0.25) is 15.9 Å². The Kier molecular flexibility index (Phi) is 5.57. The van der Waals surface area contributed by atoms with Gasteiger partial charge in [0, 0.05) is 0 Å². The minimum atomic E-state index is -3.82. The molecule has 0 heterocycles. The number of para-hydroxylation sites is 1. The van der Waals surface area contributed by atoms with Crippen molar-refractivity contribution in [1.29, 1.82) is 5.26 Å². The third-order valence-electron chi connectivity index (χ3n) is 3.62. The van der Waals surface area contributed by atoms with Crippen LogP contribution in [0.4, 0.5) is 5.69 Å². The van der Waals surface area contributed by atoms with Crippen LogP contribution < -0.4 is 10.0 Å². The number of benzene rings is 2. The third-order valence-corrected chi connectivity index (χ3v) is 5.32. The van der Waals surface area contributed by atoms with Crippen molar-refractivity contribution in [3.8, 4) is 6.07 Å². The van der Waals surface area contributed by atoms with Gasteiger partial charge in [0.25, 0.3) is 0 Å². The third kappa shape index (κ3) is 4.44. The maximum atomic E-state index is 12.5. The number of rotatable bonds is 5. The SMILES string of the molecule is Cc1cc(C)c(S(=O)(=O)NCC(=O)Nc2ccccc2C#N)c(C)c1. The Morgan fingerprint density at radius 2 is 1.72 bits per heavy atom. The molecule has 0 saturated heterocycles. The number of aryl methyl sites for hydroxylation is 3. The number of carbonyl (C=O) groups is 1. The average molecular weight is 357 g/mol. The first-order valence-corrected chi connectivity index (χ1v) is 9.09. The number of anilines is 1. The van der Waals surface area contributed by atoms with E-state index in [1.54, 1.807) is 50.2 Å². The zero-order chi connectivity index (χ0) is 18.6. The van der Waals surface area contributed by atoms with Crippen molar-refractivity contribution >= 4 is 21.6 Å². The van der Waals surface area contributed by atoms with E-state index in [1.165, 1.54) is 0 Å². The monoisotopic (exact) mass is 357 g/mol. The van der Waals surface area contributed by atoms with Gasteiger partial charge in [-0.2, -0.15) is 5.26 Å². The molecule has 0 aliphatic carbocycles. The first kappa shape index (κ1) is 18.6. The number of sulfonamides is 1. The minimum absolute atomic E-state index is 0.184. The molecule has 0 atom stereocenters. The van der Waals surface area contributed by atoms with Crippen molar-refractivity contribution in [3.05, 3.63) is 58.7 Å². The van der Waals surface area contributed by atoms with Gasteiger partial charge in [-0.3, -0.25) is 4.79 Å². The first-order valence-electron chi connectivity index (χ1n) is 7.61. The van der Waals surface area contributed by atoms with Gasteiger partial charge < -0.3 is 5.32 Å². The van der Waals surface area contributed by atoms with Crippen LogP contribution in [-0.2, 0) is 14.8 Å². The molecule has 2 N–H and O–H groups in total. The largest absolute Gasteiger partial charge is 0.324 e. The molecule has 0 saturated carbocycles. The average Bonchev–Trinajstić information content (AvgIpc) is 2.52. The summed E-state index contributed by atoms with van der Waals surface area (Å²) in [7, 11) is -3.82. The maximum absolute atomic E-state index is 12.5. The van der Waals surface area contributed by atoms with Gasteiger partial charge >= 0.3 is 0 Å². The van der Waals surface area contributed by atoms with Crippen LogP contribution in [-0.4, -0.2) is 20.9 Å². The topological polar surface area (TPSA) is 99.1 Å². The number of nitrogens with one attached hydrogen (secondary N) is 2. The van der Waals surface area contributed by atoms with E-state index in [2.05, 4.69) is 10.0 Å². The highest BCUT2D eigenvalue weighted by Gasteiger charge is 2.20. The summed E-state index contributed by atoms with van der Waals surface area (Å²) < 4.78 is 27.4. The van der Waals surface area contributed by atoms with Crippen molar-refractivity contribution < 1.29 is 13.2 Å². The van der Waals surface area contributed by atoms with Crippen LogP contribution in [0.1, 0.15) is 22.3 Å². The summed E-state index contributed by atoms with van der Waals surface area (Å²) in [5.41, 5.74) is 2.88. The Hall–Kier alpha value is -2.69. The van der Waals surface area contributed by atoms with Crippen LogP contribution in [0.25, 0.3) is 0 Å². The molecule has 0 spiro atoms. The summed E-state index contributed by atoms with van der Waals surface area (Å²) in [6.45, 7) is 4.91. The molecule has 130 valence electrons. The Labute approximate surface area is 147 Å². The van der Waals surface area contributed by atoms with Gasteiger partial charge in [0.1, 0.15) is 6.07 Å². The lowest BCUT2D eigenvalue weighted by Gasteiger charge is -2.13. The lowest BCUT2D eigenvalue weighted by atomic mass is 10.1. The van der Waals surface area contributed by atoms with Crippen LogP contribution >= 0.6 is 0 Å². The second-order valence-electron chi connectivity index (χ2n) is 5.76. The Bertz CT molecular complexity index is 937. The van der Waals surface area contributed by atoms with Crippen LogP contribution in [0.15, 0.2) is 41.3 Å². The predicted molar refractivity (Wildman–Crippen MR) is 95.6 cm³/mol. The molecule has 0 radical (unpaired) electrons. The van der Waals surface area contributed by atoms with Gasteiger partial charge in [-0.15, -0.1) is 0 Å². The number of hydrogen-bond donors (Lipinski definition) is 2. The summed E-state index contributed by atoms with van der Waals surface area (Å²) in [4.78, 5) is 12.2. The summed E-state index contributed by atoms with van der Waals surface area (Å²) >= 11 is 0. The van der Waals surface area contributed by atoms with E-state index in [1.807, 2.05) is 13.0 Å². The molecular weight excluding hydrogens is 338 g/mol. The molecule has 1 amide bonds. The first-order chi connectivity index (χ1) is 11.7. The minimum Gasteiger partial charge on any atom is -0.324 e. The number of hydrogen-bond acceptors (Lipinski definition) is 4. The van der Waals surface area contributed by atoms with Gasteiger partial charge in [-0.05, 0) is 44.0 Å². The fourth-order valence-corrected chi connectivity index (χ4v) is 4.14. The lowest BCUT2D eigenvalue weighted by Crippen LogP contribution is -2.33. The van der Waals surface area contributed by atoms with Gasteiger partial charge in [-0.1, -0.05) is 29.8 Å². The van der Waals surface area contributed by atoms with Crippen LogP contribution in [0.2, 0.25) is 0 Å². The summed E-state index contributed by atoms with van der Waals surface area (Å²) in [5.74, 6) is -0.548. The molecule has 7 heteroatoms. The quantitative estimate of drug-likeness (QED) is 0.858. The molecule has 25 heavy (non-hydrogen) atoms. The fourth-order valence-electron chi connectivity index (χ4n) is 2.71. The standard InChI is InChI=1S/C18H19N3O3S/c1-12-8-13(2)18(14(3)9-12)25(23,24)20-11-17(22)21-16-7-5-4-6-15(16)10-19/h4-9,20H,11H2,1-3H3,(H,21,22). The Morgan fingerprint density at radius 1 is 1.12 bits per heavy atom. The highest BCUT2D eigenvalue weighted by molar-refractivity contribution is 7.89. The Balaban J connectivity index is 2.13. The molecule has 0 aliphatic heterocycles. The van der Waals surface area contributed by atoms with Gasteiger partial charge in [-0.25, -0.2) is 13.1 Å². The molecule has 2 aromatic rings. The van der Waals surface area contributed by atoms with E-state index in [0.717, 1.165) is 5.56 Å². The van der Waals surface area contributed by atoms with Crippen LogP contribution in [0.5, 0.6) is 0 Å². The second-order valence-corrected chi connectivity index (χ2v) is 7.46. The molecular formula is C18H19N3O3S. The van der Waals surface area contributed by atoms with E-state index >= 15 is 0 Å². The van der Waals surface area contributed by atoms with Crippen molar-refractivity contribution in [2.24, 2.45) is 0 Å². The highest BCUT2D eigenvalue weighted by atomic mass is 32.2. The molecule has 0 aliphatic rings. The maximum Gasteiger partial charge on any atom is 0.241 e. The van der Waals surface area contributed by atoms with Gasteiger partial charge in [0.15, 0.2) is 0 Å². The highest BCUT2D eigenvalue weighted by Crippen LogP contribution is 2.21. The smallest absolute Gasteiger partial charge is 0.241 e. The lowest BCUT2D eigenvalue weighted by molar-refractivity contribution is -0.115. The molecule has 2 aromatic carbocycles. The number of nitrogens with zero attached hydrogens (tertiary/aromatic N) is 1. The summed E-state index contributed by atoms with van der Waals surface area (Å²) in [5, 5.41) is 11.5. The summed E-state index contributed by atoms with van der Waals surface area (Å²) in [6, 6.07) is 12.0. The normalized spacial score (nSPS) is 11.0. The molecule has 0 aromatic heterocycles. The molecule has 0 fully saturated rings. The van der Waals surface area contributed by atoms with Crippen molar-refractivity contribution in [3.63, 3.8) is 0 Å². The molecule has 0 unspecified atom stereocenters. The molecule has 0 bridgehead atoms. The number of carbonyl (C=O) groups excluding carboxylic acids is 1. The van der Waals surface area contributed by atoms with E-state index in [0.29, 0.717) is 22.4 Å². The van der Waals surface area contributed by atoms with Crippen LogP contribution in [0, 0.1) is 32.1 Å². The van der Waals surface area contributed by atoms with E-state index in [4.69, 9.17) is 5.26 Å². The van der Waals surface area contributed by atoms with Crippen LogP contribution in [0.3, 0.4) is 0 Å². The van der Waals surface area contributed by atoms with Crippen molar-refractivity contribution in [2.45, 2.75) is 25.7 Å². The zero-order valence-electron chi connectivity index (χ0n) is 14.3. The molecule has 2 rings (SSSR count). The van der Waals surface area contributed by atoms with Crippen molar-refractivity contribution in [2.75, 3.05) is 11.9 Å². The molecule has 6 nitrogen and oxygen atoms in total. The number of amides is 1. The van der Waals surface area contributed by atoms with Crippen molar-refractivity contribution in [1.82, 2.24) is 4.72 Å². The predicted octanol–water partition coefficient (Wildman–Crippen LogP) is 2.40. The van der Waals surface area contributed by atoms with E-state index in [9.17, 15) is 13.2 Å². The zero-order valence-corrected chi connectivity index (χ0v) is 15.1. The number of nitriles is 1. The fraction of sp³-hybridized carbons (Fsp3) is 0.222. The second kappa shape index (κ2) is 7.47. The Morgan fingerprint density at radius 3 is 2.32 bits per heavy atom. The van der Waals surface area contributed by atoms with E-state index in [-0.39, 0.29) is 4.90 Å².